The second-order valence-corrected chi connectivity index (χ2v) is 5.46. The van der Waals surface area contributed by atoms with Crippen LogP contribution in [0.2, 0.25) is 0 Å². The highest BCUT2D eigenvalue weighted by Gasteiger charge is 2.10. The molecule has 0 radical (unpaired) electrons. The van der Waals surface area contributed by atoms with Gasteiger partial charge in [0.2, 0.25) is 5.91 Å². The minimum atomic E-state index is -1.20. The van der Waals surface area contributed by atoms with E-state index in [-0.39, 0.29) is 17.2 Å². The first kappa shape index (κ1) is 18.0. The van der Waals surface area contributed by atoms with Gasteiger partial charge < -0.3 is 15.5 Å². The normalized spacial score (nSPS) is 10.4. The van der Waals surface area contributed by atoms with E-state index in [9.17, 15) is 14.7 Å². The highest BCUT2D eigenvalue weighted by molar-refractivity contribution is 5.94. The van der Waals surface area contributed by atoms with Crippen molar-refractivity contribution in [3.63, 3.8) is 0 Å². The van der Waals surface area contributed by atoms with Crippen molar-refractivity contribution in [2.45, 2.75) is 58.3 Å². The van der Waals surface area contributed by atoms with Crippen LogP contribution in [0.25, 0.3) is 0 Å². The van der Waals surface area contributed by atoms with E-state index in [0.717, 1.165) is 19.3 Å². The fraction of sp³-hybridized carbons (Fsp3) is 0.529. The lowest BCUT2D eigenvalue weighted by Gasteiger charge is -2.07. The summed E-state index contributed by atoms with van der Waals surface area (Å²) in [5, 5.41) is 21.0. The number of carboxylic acid groups (broad SMARTS) is 1. The maximum absolute atomic E-state index is 11.8. The Morgan fingerprint density at radius 3 is 2.27 bits per heavy atom. The van der Waals surface area contributed by atoms with Crippen molar-refractivity contribution >= 4 is 17.6 Å². The van der Waals surface area contributed by atoms with Crippen LogP contribution >= 0.6 is 0 Å². The molecule has 0 aromatic heterocycles. The molecule has 0 bridgehead atoms. The topological polar surface area (TPSA) is 86.6 Å². The standard InChI is InChI=1S/C17H25NO4/c1-2-3-4-5-6-7-8-9-16(20)18-13-10-11-14(17(21)22)15(19)12-13/h10-12,19H,2-9H2,1H3,(H,18,20)(H,21,22). The van der Waals surface area contributed by atoms with Gasteiger partial charge in [0, 0.05) is 18.2 Å². The molecule has 0 aliphatic rings. The number of carboxylic acids is 1. The largest absolute Gasteiger partial charge is 0.507 e. The number of rotatable bonds is 10. The zero-order valence-electron chi connectivity index (χ0n) is 13.1. The van der Waals surface area contributed by atoms with Crippen molar-refractivity contribution < 1.29 is 19.8 Å². The Morgan fingerprint density at radius 2 is 1.68 bits per heavy atom. The van der Waals surface area contributed by atoms with E-state index in [4.69, 9.17) is 5.11 Å². The quantitative estimate of drug-likeness (QED) is 0.566. The summed E-state index contributed by atoms with van der Waals surface area (Å²) in [6, 6.07) is 4.01. The van der Waals surface area contributed by atoms with Gasteiger partial charge in [-0.05, 0) is 18.6 Å². The van der Waals surface area contributed by atoms with E-state index in [2.05, 4.69) is 12.2 Å². The Hall–Kier alpha value is -2.04. The van der Waals surface area contributed by atoms with Crippen molar-refractivity contribution in [2.75, 3.05) is 5.32 Å². The number of carbonyl (C=O) groups is 2. The molecule has 1 rings (SSSR count). The van der Waals surface area contributed by atoms with Crippen molar-refractivity contribution in [1.29, 1.82) is 0 Å². The lowest BCUT2D eigenvalue weighted by Crippen LogP contribution is -2.11. The lowest BCUT2D eigenvalue weighted by atomic mass is 10.1. The third-order valence-corrected chi connectivity index (χ3v) is 3.52. The fourth-order valence-corrected chi connectivity index (χ4v) is 2.26. The fourth-order valence-electron chi connectivity index (χ4n) is 2.26. The van der Waals surface area contributed by atoms with E-state index in [1.807, 2.05) is 0 Å². The third kappa shape index (κ3) is 6.61. The Balaban J connectivity index is 2.28. The average molecular weight is 307 g/mol. The smallest absolute Gasteiger partial charge is 0.339 e. The van der Waals surface area contributed by atoms with Crippen LogP contribution in [-0.4, -0.2) is 22.1 Å². The van der Waals surface area contributed by atoms with Gasteiger partial charge in [0.15, 0.2) is 0 Å². The third-order valence-electron chi connectivity index (χ3n) is 3.52. The number of aromatic hydroxyl groups is 1. The molecule has 0 spiro atoms. The molecular formula is C17H25NO4. The van der Waals surface area contributed by atoms with Crippen molar-refractivity contribution in [1.82, 2.24) is 0 Å². The molecule has 0 unspecified atom stereocenters. The summed E-state index contributed by atoms with van der Waals surface area (Å²) < 4.78 is 0. The molecule has 3 N–H and O–H groups in total. The molecule has 0 fully saturated rings. The Bertz CT molecular complexity index is 499. The van der Waals surface area contributed by atoms with Gasteiger partial charge in [-0.15, -0.1) is 0 Å². The number of unbranched alkanes of at least 4 members (excludes halogenated alkanes) is 6. The average Bonchev–Trinajstić information content (AvgIpc) is 2.46. The lowest BCUT2D eigenvalue weighted by molar-refractivity contribution is -0.116. The monoisotopic (exact) mass is 307 g/mol. The summed E-state index contributed by atoms with van der Waals surface area (Å²) in [7, 11) is 0. The summed E-state index contributed by atoms with van der Waals surface area (Å²) in [5.74, 6) is -1.66. The predicted molar refractivity (Wildman–Crippen MR) is 86.3 cm³/mol. The van der Waals surface area contributed by atoms with E-state index >= 15 is 0 Å². The van der Waals surface area contributed by atoms with Crippen LogP contribution in [0.5, 0.6) is 5.75 Å². The number of anilines is 1. The number of hydrogen-bond donors (Lipinski definition) is 3. The molecule has 1 aromatic rings. The Labute approximate surface area is 131 Å². The van der Waals surface area contributed by atoms with Gasteiger partial charge in [0.25, 0.3) is 0 Å². The maximum atomic E-state index is 11.8. The van der Waals surface area contributed by atoms with E-state index in [1.165, 1.54) is 43.9 Å². The van der Waals surface area contributed by atoms with Crippen LogP contribution in [0, 0.1) is 0 Å². The van der Waals surface area contributed by atoms with Crippen LogP contribution in [0.15, 0.2) is 18.2 Å². The van der Waals surface area contributed by atoms with Gasteiger partial charge in [-0.1, -0.05) is 45.4 Å². The van der Waals surface area contributed by atoms with Crippen molar-refractivity contribution in [2.24, 2.45) is 0 Å². The molecular weight excluding hydrogens is 282 g/mol. The van der Waals surface area contributed by atoms with Gasteiger partial charge >= 0.3 is 5.97 Å². The van der Waals surface area contributed by atoms with E-state index < -0.39 is 5.97 Å². The van der Waals surface area contributed by atoms with Crippen molar-refractivity contribution in [3.05, 3.63) is 23.8 Å². The zero-order valence-corrected chi connectivity index (χ0v) is 13.1. The Kier molecular flexibility index (Phi) is 8.04. The molecule has 0 atom stereocenters. The van der Waals surface area contributed by atoms with Crippen LogP contribution in [0.4, 0.5) is 5.69 Å². The number of benzene rings is 1. The van der Waals surface area contributed by atoms with Crippen LogP contribution in [0.3, 0.4) is 0 Å². The summed E-state index contributed by atoms with van der Waals surface area (Å²) in [6.45, 7) is 2.19. The number of aromatic carboxylic acids is 1. The summed E-state index contributed by atoms with van der Waals surface area (Å²) in [5.41, 5.74) is 0.237. The van der Waals surface area contributed by atoms with Gasteiger partial charge in [-0.3, -0.25) is 4.79 Å². The molecule has 1 amide bonds. The number of amides is 1. The van der Waals surface area contributed by atoms with Gasteiger partial charge in [0.05, 0.1) is 0 Å². The molecule has 122 valence electrons. The summed E-state index contributed by atoms with van der Waals surface area (Å²) >= 11 is 0. The second kappa shape index (κ2) is 9.82. The highest BCUT2D eigenvalue weighted by Crippen LogP contribution is 2.22. The number of nitrogens with one attached hydrogen (secondary N) is 1. The summed E-state index contributed by atoms with van der Waals surface area (Å²) in [4.78, 5) is 22.5. The van der Waals surface area contributed by atoms with Crippen LogP contribution < -0.4 is 5.32 Å². The highest BCUT2D eigenvalue weighted by atomic mass is 16.4. The molecule has 5 heteroatoms. The minimum Gasteiger partial charge on any atom is -0.507 e. The first-order chi connectivity index (χ1) is 10.5. The molecule has 0 aliphatic heterocycles. The first-order valence-electron chi connectivity index (χ1n) is 7.90. The van der Waals surface area contributed by atoms with Gasteiger partial charge in [-0.2, -0.15) is 0 Å². The molecule has 5 nitrogen and oxygen atoms in total. The molecule has 1 aromatic carbocycles. The number of carbonyl (C=O) groups excluding carboxylic acids is 1. The maximum Gasteiger partial charge on any atom is 0.339 e. The minimum absolute atomic E-state index is 0.115. The molecule has 0 saturated heterocycles. The van der Waals surface area contributed by atoms with E-state index in [0.29, 0.717) is 12.1 Å². The van der Waals surface area contributed by atoms with Crippen molar-refractivity contribution in [3.8, 4) is 5.75 Å². The predicted octanol–water partition coefficient (Wildman–Crippen LogP) is 4.17. The second-order valence-electron chi connectivity index (χ2n) is 5.46. The number of phenols is 1. The number of hydrogen-bond acceptors (Lipinski definition) is 3. The molecule has 0 aliphatic carbocycles. The van der Waals surface area contributed by atoms with Crippen LogP contribution in [-0.2, 0) is 4.79 Å². The SMILES string of the molecule is CCCCCCCCCC(=O)Nc1ccc(C(=O)O)c(O)c1. The first-order valence-corrected chi connectivity index (χ1v) is 7.90. The van der Waals surface area contributed by atoms with E-state index in [1.54, 1.807) is 0 Å². The van der Waals surface area contributed by atoms with Gasteiger partial charge in [0.1, 0.15) is 11.3 Å². The summed E-state index contributed by atoms with van der Waals surface area (Å²) in [6.07, 6.45) is 8.47. The van der Waals surface area contributed by atoms with Gasteiger partial charge in [-0.25, -0.2) is 4.79 Å². The molecule has 22 heavy (non-hydrogen) atoms. The zero-order chi connectivity index (χ0) is 16.4. The Morgan fingerprint density at radius 1 is 1.05 bits per heavy atom. The molecule has 0 saturated carbocycles. The molecule has 0 heterocycles. The van der Waals surface area contributed by atoms with Crippen LogP contribution in [0.1, 0.15) is 68.6 Å².